The average molecular weight is 177 g/mol. The Morgan fingerprint density at radius 2 is 1.83 bits per heavy atom. The van der Waals surface area contributed by atoms with Gasteiger partial charge in [0.1, 0.15) is 0 Å². The molecule has 0 aliphatic carbocycles. The molecule has 12 heavy (non-hydrogen) atoms. The van der Waals surface area contributed by atoms with E-state index in [0.717, 1.165) is 15.6 Å². The van der Waals surface area contributed by atoms with Crippen molar-refractivity contribution in [3.8, 4) is 0 Å². The third-order valence-electron chi connectivity index (χ3n) is 1.81. The molecule has 0 radical (unpaired) electrons. The zero-order chi connectivity index (χ0) is 8.55. The van der Waals surface area contributed by atoms with Crippen LogP contribution in [0.5, 0.6) is 0 Å². The molecule has 0 saturated heterocycles. The van der Waals surface area contributed by atoms with E-state index in [9.17, 15) is 5.21 Å². The Morgan fingerprint density at radius 1 is 1.08 bits per heavy atom. The Bertz CT molecular complexity index is 475. The predicted octanol–water partition coefficient (Wildman–Crippen LogP) is 2.55. The summed E-state index contributed by atoms with van der Waals surface area (Å²) in [5, 5.41) is 11.2. The Morgan fingerprint density at radius 3 is 2.67 bits per heavy atom. The van der Waals surface area contributed by atoms with Gasteiger partial charge in [0.2, 0.25) is 0 Å². The van der Waals surface area contributed by atoms with Crippen LogP contribution in [-0.4, -0.2) is 9.94 Å². The molecule has 1 aromatic heterocycles. The molecule has 0 amide bonds. The molecule has 1 aromatic carbocycles. The first kappa shape index (κ1) is 7.38. The molecule has 0 saturated carbocycles. The number of aromatic nitrogens is 1. The smallest absolute Gasteiger partial charge is 0.0991 e. The minimum atomic E-state index is 0.647. The van der Waals surface area contributed by atoms with Crippen molar-refractivity contribution in [2.45, 2.75) is 0 Å². The Kier molecular flexibility index (Phi) is 1.63. The van der Waals surface area contributed by atoms with Crippen LogP contribution in [-0.2, 0) is 0 Å². The lowest BCUT2D eigenvalue weighted by Gasteiger charge is -2.02. The van der Waals surface area contributed by atoms with Gasteiger partial charge in [0.05, 0.1) is 10.6 Å². The van der Waals surface area contributed by atoms with Crippen LogP contribution < -0.4 is 0 Å². The number of rotatable bonds is 0. The third-order valence-corrected chi connectivity index (χ3v) is 2.19. The second kappa shape index (κ2) is 2.65. The fourth-order valence-corrected chi connectivity index (χ4v) is 1.39. The molecule has 0 unspecified atom stereocenters. The van der Waals surface area contributed by atoms with Gasteiger partial charge in [-0.3, -0.25) is 0 Å². The lowest BCUT2D eigenvalue weighted by Crippen LogP contribution is -1.94. The van der Waals surface area contributed by atoms with Crippen LogP contribution in [0.25, 0.3) is 10.9 Å². The zero-order valence-electron chi connectivity index (χ0n) is 6.36. The van der Waals surface area contributed by atoms with Gasteiger partial charge in [-0.2, -0.15) is 4.73 Å². The van der Waals surface area contributed by atoms with E-state index >= 15 is 0 Å². The molecular weight excluding hydrogens is 169 g/mol. The standard InChI is InChI=1S/C9H8NOP/c11-10-8-4-2-1-3-7(8)5-6-9(10)12/h1-6,11-12H. The lowest BCUT2D eigenvalue weighted by molar-refractivity contribution is 0.194. The molecule has 0 aliphatic heterocycles. The highest BCUT2D eigenvalue weighted by Gasteiger charge is 1.94. The predicted molar refractivity (Wildman–Crippen MR) is 50.7 cm³/mol. The van der Waals surface area contributed by atoms with Gasteiger partial charge >= 0.3 is 0 Å². The van der Waals surface area contributed by atoms with Gasteiger partial charge in [0, 0.05) is 5.39 Å². The number of hydrogen-bond donors (Lipinski definition) is 1. The van der Waals surface area contributed by atoms with Crippen molar-refractivity contribution in [3.05, 3.63) is 41.5 Å². The number of fused-ring (bicyclic) bond motifs is 1. The number of pyridine rings is 1. The van der Waals surface area contributed by atoms with E-state index < -0.39 is 0 Å². The highest BCUT2D eigenvalue weighted by atomic mass is 31.0. The van der Waals surface area contributed by atoms with Crippen molar-refractivity contribution in [1.82, 2.24) is 4.73 Å². The minimum absolute atomic E-state index is 0.647. The normalized spacial score (nSPS) is 10.3. The first-order valence-electron chi connectivity index (χ1n) is 3.64. The van der Waals surface area contributed by atoms with Gasteiger partial charge in [0.25, 0.3) is 0 Å². The molecule has 2 aromatic rings. The minimum Gasteiger partial charge on any atom is -0.428 e. The molecular formula is C9H8NOP. The van der Waals surface area contributed by atoms with Crippen LogP contribution in [0.1, 0.15) is 0 Å². The third kappa shape index (κ3) is 1.01. The summed E-state index contributed by atoms with van der Waals surface area (Å²) in [6.07, 6.45) is 0. The maximum absolute atomic E-state index is 9.53. The van der Waals surface area contributed by atoms with Crippen LogP contribution >= 0.6 is 8.86 Å². The first-order chi connectivity index (χ1) is 5.79. The monoisotopic (exact) mass is 177 g/mol. The summed E-state index contributed by atoms with van der Waals surface area (Å²) in [7, 11) is 3.28. The second-order valence-electron chi connectivity index (χ2n) is 2.59. The van der Waals surface area contributed by atoms with Gasteiger partial charge in [-0.05, 0) is 12.1 Å². The van der Waals surface area contributed by atoms with Gasteiger partial charge < -0.3 is 5.21 Å². The maximum atomic E-state index is 9.53. The fraction of sp³-hybridized carbons (Fsp3) is 0. The number of benzene rings is 1. The van der Waals surface area contributed by atoms with Gasteiger partial charge in [-0.25, -0.2) is 0 Å². The van der Waals surface area contributed by atoms with Crippen molar-refractivity contribution in [1.29, 1.82) is 0 Å². The number of para-hydroxylation sites is 1. The van der Waals surface area contributed by atoms with Crippen LogP contribution in [0.2, 0.25) is 0 Å². The van der Waals surface area contributed by atoms with Crippen LogP contribution in [0, 0.1) is 5.07 Å². The topological polar surface area (TPSA) is 25.2 Å². The van der Waals surface area contributed by atoms with Crippen molar-refractivity contribution in [2.24, 2.45) is 0 Å². The maximum Gasteiger partial charge on any atom is 0.0991 e. The molecule has 0 spiro atoms. The lowest BCUT2D eigenvalue weighted by atomic mass is 10.2. The van der Waals surface area contributed by atoms with E-state index in [4.69, 9.17) is 0 Å². The second-order valence-corrected chi connectivity index (χ2v) is 3.10. The Hall–Kier alpha value is -1.27. The fourth-order valence-electron chi connectivity index (χ4n) is 1.19. The summed E-state index contributed by atoms with van der Waals surface area (Å²) in [5.41, 5.74) is 0.796. The molecule has 0 fully saturated rings. The van der Waals surface area contributed by atoms with Gasteiger partial charge in [-0.15, -0.1) is 0 Å². The molecule has 2 rings (SSSR count). The highest BCUT2D eigenvalue weighted by molar-refractivity contribution is 7.06. The average Bonchev–Trinajstić information content (AvgIpc) is 2.12. The van der Waals surface area contributed by atoms with E-state index in [0.29, 0.717) is 5.07 Å². The Labute approximate surface area is 71.9 Å². The molecule has 2 nitrogen and oxygen atoms in total. The molecule has 0 aliphatic rings. The molecule has 1 heterocycles. The van der Waals surface area contributed by atoms with Gasteiger partial charge in [-0.1, -0.05) is 33.1 Å². The van der Waals surface area contributed by atoms with E-state index in [1.54, 1.807) is 6.07 Å². The molecule has 0 atom stereocenters. The van der Waals surface area contributed by atoms with E-state index in [1.807, 2.05) is 30.3 Å². The first-order valence-corrected chi connectivity index (χ1v) is 4.14. The summed E-state index contributed by atoms with van der Waals surface area (Å²) in [4.78, 5) is 0. The van der Waals surface area contributed by atoms with E-state index in [2.05, 4.69) is 8.86 Å². The zero-order valence-corrected chi connectivity index (χ0v) is 7.36. The van der Waals surface area contributed by atoms with Crippen molar-refractivity contribution in [3.63, 3.8) is 0 Å². The Balaban J connectivity index is 3.01. The number of hydrogen-bond acceptors (Lipinski definition) is 1. The highest BCUT2D eigenvalue weighted by Crippen LogP contribution is 2.12. The van der Waals surface area contributed by atoms with Crippen molar-refractivity contribution in [2.75, 3.05) is 0 Å². The van der Waals surface area contributed by atoms with E-state index in [1.165, 1.54) is 0 Å². The molecule has 0 bridgehead atoms. The van der Waals surface area contributed by atoms with Crippen LogP contribution in [0.15, 0.2) is 36.4 Å². The summed E-state index contributed by atoms with van der Waals surface area (Å²) in [6.45, 7) is 0. The summed E-state index contributed by atoms with van der Waals surface area (Å²) < 4.78 is 1.12. The SMILES string of the molecule is On1c(=P)ccc2ccccc21. The van der Waals surface area contributed by atoms with Crippen molar-refractivity contribution >= 4 is 19.8 Å². The van der Waals surface area contributed by atoms with E-state index in [-0.39, 0.29) is 0 Å². The molecule has 1 N–H and O–H groups in total. The molecule has 3 heteroatoms. The van der Waals surface area contributed by atoms with Crippen molar-refractivity contribution < 1.29 is 5.21 Å². The number of nitrogens with zero attached hydrogens (tertiary/aromatic N) is 1. The van der Waals surface area contributed by atoms with Crippen LogP contribution in [0.4, 0.5) is 0 Å². The summed E-state index contributed by atoms with van der Waals surface area (Å²) in [5.74, 6) is 0. The summed E-state index contributed by atoms with van der Waals surface area (Å²) in [6, 6.07) is 11.4. The quantitative estimate of drug-likeness (QED) is 0.485. The largest absolute Gasteiger partial charge is 0.428 e. The molecule has 60 valence electrons. The summed E-state index contributed by atoms with van der Waals surface area (Å²) >= 11 is 0. The van der Waals surface area contributed by atoms with Gasteiger partial charge in [0.15, 0.2) is 0 Å². The van der Waals surface area contributed by atoms with Crippen LogP contribution in [0.3, 0.4) is 0 Å².